The summed E-state index contributed by atoms with van der Waals surface area (Å²) in [6, 6.07) is 5.87. The molecule has 0 unspecified atom stereocenters. The Morgan fingerprint density at radius 1 is 1.16 bits per heavy atom. The zero-order valence-corrected chi connectivity index (χ0v) is 13.0. The van der Waals surface area contributed by atoms with E-state index in [1.165, 1.54) is 24.3 Å². The van der Waals surface area contributed by atoms with Gasteiger partial charge in [0.25, 0.3) is 10.0 Å². The van der Waals surface area contributed by atoms with Crippen LogP contribution < -0.4 is 0 Å². The minimum atomic E-state index is -3.74. The van der Waals surface area contributed by atoms with Crippen LogP contribution in [-0.2, 0) is 21.0 Å². The van der Waals surface area contributed by atoms with Crippen molar-refractivity contribution >= 4 is 32.6 Å². The smallest absolute Gasteiger partial charge is 0.241 e. The van der Waals surface area contributed by atoms with Crippen LogP contribution in [0.2, 0.25) is 5.02 Å². The van der Waals surface area contributed by atoms with Crippen LogP contribution in [-0.4, -0.2) is 28.6 Å². The summed E-state index contributed by atoms with van der Waals surface area (Å²) in [7, 11) is -5.29. The maximum atomic E-state index is 12.4. The molecule has 1 aliphatic heterocycles. The van der Waals surface area contributed by atoms with E-state index >= 15 is 0 Å². The van der Waals surface area contributed by atoms with E-state index in [1.54, 1.807) is 0 Å². The van der Waals surface area contributed by atoms with E-state index in [0.717, 1.165) is 14.9 Å². The van der Waals surface area contributed by atoms with Crippen molar-refractivity contribution < 1.29 is 12.6 Å². The minimum Gasteiger partial charge on any atom is -0.241 e. The third-order valence-corrected chi connectivity index (χ3v) is 7.18. The van der Waals surface area contributed by atoms with Gasteiger partial charge in [0, 0.05) is 11.6 Å². The first kappa shape index (κ1) is 14.7. The molecule has 0 aromatic heterocycles. The highest BCUT2D eigenvalue weighted by Gasteiger charge is 2.32. The fourth-order valence-electron chi connectivity index (χ4n) is 1.70. The number of hydrogen-bond donors (Lipinski definition) is 0. The Balaban J connectivity index is 2.41. The van der Waals surface area contributed by atoms with Crippen molar-refractivity contribution in [3.8, 4) is 0 Å². The molecule has 0 radical (unpaired) electrons. The van der Waals surface area contributed by atoms with Gasteiger partial charge in [-0.1, -0.05) is 22.7 Å². The highest BCUT2D eigenvalue weighted by molar-refractivity contribution is 8.01. The second-order valence-corrected chi connectivity index (χ2v) is 8.35. The first-order chi connectivity index (χ1) is 8.82. The maximum absolute atomic E-state index is 12.4. The number of sulfonamides is 1. The minimum absolute atomic E-state index is 0.109. The van der Waals surface area contributed by atoms with Crippen LogP contribution in [0.4, 0.5) is 0 Å². The molecule has 7 heteroatoms. The van der Waals surface area contributed by atoms with Crippen LogP contribution >= 0.6 is 11.6 Å². The molecule has 19 heavy (non-hydrogen) atoms. The summed E-state index contributed by atoms with van der Waals surface area (Å²) >= 11 is 5.74. The summed E-state index contributed by atoms with van der Waals surface area (Å²) in [5.41, 5.74) is 1.93. The molecule has 0 saturated carbocycles. The van der Waals surface area contributed by atoms with Gasteiger partial charge in [-0.05, 0) is 38.1 Å². The number of nitrogens with zero attached hydrogens (tertiary/aromatic N) is 1. The van der Waals surface area contributed by atoms with Crippen LogP contribution in [0.3, 0.4) is 0 Å². The largest absolute Gasteiger partial charge is 0.254 e. The fourth-order valence-corrected chi connectivity index (χ4v) is 5.29. The average Bonchev–Trinajstić information content (AvgIpc) is 2.34. The molecule has 0 spiro atoms. The molecule has 104 valence electrons. The Bertz CT molecular complexity index is 650. The molecule has 0 saturated heterocycles. The van der Waals surface area contributed by atoms with Gasteiger partial charge >= 0.3 is 0 Å². The molecule has 1 atom stereocenters. The number of benzene rings is 1. The van der Waals surface area contributed by atoms with E-state index in [2.05, 4.69) is 0 Å². The Labute approximate surface area is 120 Å². The van der Waals surface area contributed by atoms with E-state index in [0.29, 0.717) is 5.02 Å². The first-order valence-corrected chi connectivity index (χ1v) is 8.74. The van der Waals surface area contributed by atoms with Crippen molar-refractivity contribution in [1.82, 2.24) is 3.71 Å². The Morgan fingerprint density at radius 3 is 2.32 bits per heavy atom. The lowest BCUT2D eigenvalue weighted by molar-refractivity contribution is 0.537. The second kappa shape index (κ2) is 5.36. The quantitative estimate of drug-likeness (QED) is 0.786. The summed E-state index contributed by atoms with van der Waals surface area (Å²) < 4.78 is 37.9. The molecule has 1 aliphatic rings. The summed E-state index contributed by atoms with van der Waals surface area (Å²) in [5, 5.41) is 0.464. The van der Waals surface area contributed by atoms with Crippen LogP contribution in [0.25, 0.3) is 0 Å². The van der Waals surface area contributed by atoms with Gasteiger partial charge < -0.3 is 0 Å². The molecule has 1 aromatic rings. The lowest BCUT2D eigenvalue weighted by Crippen LogP contribution is -2.38. The van der Waals surface area contributed by atoms with Crippen LogP contribution in [0, 0.1) is 0 Å². The standard InChI is InChI=1S/C12H14ClNO3S2/c1-9-7-14(18(15)8-10(9)2)19(16,17)12-5-3-11(13)4-6-12/h3-6H,7-8H2,1-2H3/t18-/m0/s1. The first-order valence-electron chi connectivity index (χ1n) is 5.64. The van der Waals surface area contributed by atoms with Crippen molar-refractivity contribution in [3.63, 3.8) is 0 Å². The van der Waals surface area contributed by atoms with Crippen molar-refractivity contribution in [2.45, 2.75) is 18.7 Å². The molecule has 1 heterocycles. The molecule has 0 bridgehead atoms. The predicted molar refractivity (Wildman–Crippen MR) is 76.7 cm³/mol. The molecule has 0 aliphatic carbocycles. The lowest BCUT2D eigenvalue weighted by Gasteiger charge is -2.26. The summed E-state index contributed by atoms with van der Waals surface area (Å²) in [6.07, 6.45) is 0. The third-order valence-electron chi connectivity index (χ3n) is 3.04. The molecule has 2 rings (SSSR count). The van der Waals surface area contributed by atoms with Crippen LogP contribution in [0.5, 0.6) is 0 Å². The molecule has 4 nitrogen and oxygen atoms in total. The maximum Gasteiger partial charge on any atom is 0.254 e. The van der Waals surface area contributed by atoms with Gasteiger partial charge in [-0.15, -0.1) is 3.71 Å². The Kier molecular flexibility index (Phi) is 4.15. The van der Waals surface area contributed by atoms with Gasteiger partial charge in [-0.25, -0.2) is 12.6 Å². The predicted octanol–water partition coefficient (Wildman–Crippen LogP) is 2.34. The molecule has 0 N–H and O–H groups in total. The second-order valence-electron chi connectivity index (χ2n) is 4.45. The van der Waals surface area contributed by atoms with Gasteiger partial charge in [0.1, 0.15) is 11.0 Å². The summed E-state index contributed by atoms with van der Waals surface area (Å²) in [6.45, 7) is 3.90. The lowest BCUT2D eigenvalue weighted by atomic mass is 10.2. The van der Waals surface area contributed by atoms with Gasteiger partial charge in [0.2, 0.25) is 0 Å². The molecule has 0 amide bonds. The Morgan fingerprint density at radius 2 is 1.74 bits per heavy atom. The van der Waals surface area contributed by atoms with Gasteiger partial charge in [0.15, 0.2) is 0 Å². The number of halogens is 1. The molecular formula is C12H14ClNO3S2. The van der Waals surface area contributed by atoms with E-state index in [-0.39, 0.29) is 17.2 Å². The topological polar surface area (TPSA) is 54.5 Å². The average molecular weight is 320 g/mol. The van der Waals surface area contributed by atoms with Crippen molar-refractivity contribution in [2.24, 2.45) is 0 Å². The SMILES string of the molecule is CC1=C(C)C[S@](=O)N(S(=O)(=O)c2ccc(Cl)cc2)C1. The molecule has 1 aromatic carbocycles. The molecule has 0 fully saturated rings. The highest BCUT2D eigenvalue weighted by atomic mass is 35.5. The van der Waals surface area contributed by atoms with Crippen LogP contribution in [0.15, 0.2) is 40.3 Å². The van der Waals surface area contributed by atoms with Gasteiger partial charge in [-0.2, -0.15) is 0 Å². The normalized spacial score (nSPS) is 21.7. The van der Waals surface area contributed by atoms with E-state index in [1.807, 2.05) is 13.8 Å². The van der Waals surface area contributed by atoms with E-state index in [9.17, 15) is 12.6 Å². The van der Waals surface area contributed by atoms with Crippen molar-refractivity contribution in [3.05, 3.63) is 40.4 Å². The number of rotatable bonds is 2. The van der Waals surface area contributed by atoms with Crippen LogP contribution in [0.1, 0.15) is 13.8 Å². The van der Waals surface area contributed by atoms with E-state index in [4.69, 9.17) is 11.6 Å². The Hall–Kier alpha value is -0.690. The van der Waals surface area contributed by atoms with Crippen molar-refractivity contribution in [2.75, 3.05) is 12.3 Å². The zero-order valence-electron chi connectivity index (χ0n) is 10.6. The zero-order chi connectivity index (χ0) is 14.2. The van der Waals surface area contributed by atoms with Gasteiger partial charge in [0.05, 0.1) is 10.6 Å². The highest BCUT2D eigenvalue weighted by Crippen LogP contribution is 2.25. The summed E-state index contributed by atoms with van der Waals surface area (Å²) in [4.78, 5) is 0.109. The van der Waals surface area contributed by atoms with Gasteiger partial charge in [-0.3, -0.25) is 0 Å². The van der Waals surface area contributed by atoms with Crippen molar-refractivity contribution in [1.29, 1.82) is 0 Å². The van der Waals surface area contributed by atoms with E-state index < -0.39 is 21.0 Å². The third kappa shape index (κ3) is 2.91. The summed E-state index contributed by atoms with van der Waals surface area (Å²) in [5.74, 6) is 0.263. The molecular weight excluding hydrogens is 306 g/mol. The monoisotopic (exact) mass is 319 g/mol. The number of hydrogen-bond acceptors (Lipinski definition) is 3. The fraction of sp³-hybridized carbons (Fsp3) is 0.333.